The van der Waals surface area contributed by atoms with Gasteiger partial charge in [-0.1, -0.05) is 72.3 Å². The largest absolute Gasteiger partial charge is 0.456 e. The molecule has 7 heteroatoms. The van der Waals surface area contributed by atoms with E-state index in [0.29, 0.717) is 11.1 Å². The lowest BCUT2D eigenvalue weighted by Crippen LogP contribution is -2.13. The number of carbonyl (C=O) groups excluding carboxylic acids is 2. The van der Waals surface area contributed by atoms with Crippen molar-refractivity contribution in [2.45, 2.75) is 0 Å². The van der Waals surface area contributed by atoms with Crippen LogP contribution in [0.15, 0.2) is 101 Å². The second-order valence-electron chi connectivity index (χ2n) is 7.07. The fourth-order valence-corrected chi connectivity index (χ4v) is 3.47. The van der Waals surface area contributed by atoms with Crippen LogP contribution in [0.3, 0.4) is 0 Å². The fourth-order valence-electron chi connectivity index (χ4n) is 3.31. The van der Waals surface area contributed by atoms with Gasteiger partial charge in [-0.15, -0.1) is 0 Å². The van der Waals surface area contributed by atoms with Gasteiger partial charge in [0.2, 0.25) is 0 Å². The molecule has 0 saturated carbocycles. The van der Waals surface area contributed by atoms with Gasteiger partial charge < -0.3 is 4.42 Å². The molecule has 33 heavy (non-hydrogen) atoms. The average Bonchev–Trinajstić information content (AvgIpc) is 3.31. The van der Waals surface area contributed by atoms with Crippen molar-refractivity contribution in [3.63, 3.8) is 0 Å². The molecule has 4 aromatic rings. The first-order valence-corrected chi connectivity index (χ1v) is 10.3. The van der Waals surface area contributed by atoms with Gasteiger partial charge in [0.05, 0.1) is 16.1 Å². The molecule has 0 aliphatic heterocycles. The zero-order chi connectivity index (χ0) is 23.4. The third-order valence-corrected chi connectivity index (χ3v) is 5.13. The Labute approximate surface area is 193 Å². The molecule has 0 unspecified atom stereocenters. The first kappa shape index (κ1) is 21.9. The number of rotatable bonds is 7. The van der Waals surface area contributed by atoms with Crippen LogP contribution in [0.4, 0.5) is 5.69 Å². The van der Waals surface area contributed by atoms with Crippen LogP contribution in [0.5, 0.6) is 0 Å². The third-order valence-electron chi connectivity index (χ3n) is 4.90. The standard InChI is InChI=1S/C26H16ClNO5/c27-19-11-13-21(23(15-19)28(31)32)24-14-12-20(33-24)16-22(25(29)17-7-3-1-4-8-17)26(30)18-9-5-2-6-10-18/h1-16H. The van der Waals surface area contributed by atoms with Gasteiger partial charge in [-0.05, 0) is 30.3 Å². The number of benzene rings is 3. The van der Waals surface area contributed by atoms with Gasteiger partial charge in [-0.2, -0.15) is 0 Å². The Hall–Kier alpha value is -4.29. The molecule has 0 atom stereocenters. The van der Waals surface area contributed by atoms with Crippen molar-refractivity contribution in [1.82, 2.24) is 0 Å². The van der Waals surface area contributed by atoms with E-state index in [9.17, 15) is 19.7 Å². The van der Waals surface area contributed by atoms with Gasteiger partial charge in [0, 0.05) is 22.2 Å². The number of carbonyl (C=O) groups is 2. The van der Waals surface area contributed by atoms with E-state index in [2.05, 4.69) is 0 Å². The second-order valence-corrected chi connectivity index (χ2v) is 7.51. The molecule has 0 N–H and O–H groups in total. The molecule has 0 aliphatic rings. The Morgan fingerprint density at radius 3 is 1.94 bits per heavy atom. The van der Waals surface area contributed by atoms with Crippen LogP contribution in [-0.4, -0.2) is 16.5 Å². The highest BCUT2D eigenvalue weighted by atomic mass is 35.5. The molecule has 0 amide bonds. The highest BCUT2D eigenvalue weighted by molar-refractivity contribution is 6.33. The monoisotopic (exact) mass is 457 g/mol. The highest BCUT2D eigenvalue weighted by Crippen LogP contribution is 2.34. The molecule has 0 spiro atoms. The van der Waals surface area contributed by atoms with E-state index in [0.717, 1.165) is 0 Å². The van der Waals surface area contributed by atoms with Gasteiger partial charge in [0.15, 0.2) is 11.6 Å². The van der Waals surface area contributed by atoms with Crippen molar-refractivity contribution in [3.05, 3.63) is 129 Å². The van der Waals surface area contributed by atoms with Crippen LogP contribution < -0.4 is 0 Å². The summed E-state index contributed by atoms with van der Waals surface area (Å²) in [6.45, 7) is 0. The Balaban J connectivity index is 1.78. The van der Waals surface area contributed by atoms with Crippen molar-refractivity contribution in [1.29, 1.82) is 0 Å². The molecule has 1 heterocycles. The number of hydrogen-bond donors (Lipinski definition) is 0. The topological polar surface area (TPSA) is 90.4 Å². The van der Waals surface area contributed by atoms with Crippen molar-refractivity contribution >= 4 is 34.9 Å². The van der Waals surface area contributed by atoms with E-state index >= 15 is 0 Å². The molecule has 6 nitrogen and oxygen atoms in total. The summed E-state index contributed by atoms with van der Waals surface area (Å²) in [6.07, 6.45) is 1.36. The summed E-state index contributed by atoms with van der Waals surface area (Å²) in [7, 11) is 0. The van der Waals surface area contributed by atoms with E-state index in [1.807, 2.05) is 0 Å². The maximum atomic E-state index is 13.2. The summed E-state index contributed by atoms with van der Waals surface area (Å²) < 4.78 is 5.77. The Morgan fingerprint density at radius 1 is 0.818 bits per heavy atom. The average molecular weight is 458 g/mol. The lowest BCUT2D eigenvalue weighted by atomic mass is 9.95. The zero-order valence-electron chi connectivity index (χ0n) is 17.1. The SMILES string of the molecule is O=C(C(=Cc1ccc(-c2ccc(Cl)cc2[N+](=O)[O-])o1)C(=O)c1ccccc1)c1ccccc1. The summed E-state index contributed by atoms with van der Waals surface area (Å²) in [5.74, 6) is -0.499. The lowest BCUT2D eigenvalue weighted by molar-refractivity contribution is -0.384. The number of nitro benzene ring substituents is 1. The van der Waals surface area contributed by atoms with Crippen LogP contribution in [0.2, 0.25) is 5.02 Å². The Kier molecular flexibility index (Phi) is 6.29. The second kappa shape index (κ2) is 9.46. The molecule has 1 aromatic heterocycles. The number of hydrogen-bond acceptors (Lipinski definition) is 5. The van der Waals surface area contributed by atoms with E-state index in [-0.39, 0.29) is 33.4 Å². The van der Waals surface area contributed by atoms with Crippen LogP contribution in [0.1, 0.15) is 26.5 Å². The maximum Gasteiger partial charge on any atom is 0.281 e. The number of nitrogens with zero attached hydrogens (tertiary/aromatic N) is 1. The fraction of sp³-hybridized carbons (Fsp3) is 0. The predicted octanol–water partition coefficient (Wildman–Crippen LogP) is 6.66. The minimum absolute atomic E-state index is 0.0843. The number of furan rings is 1. The minimum Gasteiger partial charge on any atom is -0.456 e. The summed E-state index contributed by atoms with van der Waals surface area (Å²) >= 11 is 5.89. The zero-order valence-corrected chi connectivity index (χ0v) is 17.9. The molecule has 4 rings (SSSR count). The van der Waals surface area contributed by atoms with Gasteiger partial charge in [-0.25, -0.2) is 0 Å². The van der Waals surface area contributed by atoms with Crippen molar-refractivity contribution in [2.24, 2.45) is 0 Å². The van der Waals surface area contributed by atoms with Gasteiger partial charge in [0.25, 0.3) is 5.69 Å². The molecule has 0 saturated heterocycles. The number of nitro groups is 1. The summed E-state index contributed by atoms with van der Waals surface area (Å²) in [4.78, 5) is 37.2. The van der Waals surface area contributed by atoms with Crippen molar-refractivity contribution < 1.29 is 18.9 Å². The van der Waals surface area contributed by atoms with Crippen molar-refractivity contribution in [3.8, 4) is 11.3 Å². The van der Waals surface area contributed by atoms with E-state index < -0.39 is 16.5 Å². The molecular weight excluding hydrogens is 442 g/mol. The molecule has 0 radical (unpaired) electrons. The van der Waals surface area contributed by atoms with Gasteiger partial charge in [0.1, 0.15) is 11.5 Å². The Morgan fingerprint density at radius 2 is 1.39 bits per heavy atom. The molecule has 162 valence electrons. The summed E-state index contributed by atoms with van der Waals surface area (Å²) in [6, 6.07) is 24.2. The molecular formula is C26H16ClNO5. The van der Waals surface area contributed by atoms with Crippen LogP contribution in [0, 0.1) is 10.1 Å². The molecule has 0 bridgehead atoms. The Bertz CT molecular complexity index is 1320. The summed E-state index contributed by atoms with van der Waals surface area (Å²) in [5, 5.41) is 11.7. The minimum atomic E-state index is -0.553. The van der Waals surface area contributed by atoms with Crippen LogP contribution >= 0.6 is 11.6 Å². The van der Waals surface area contributed by atoms with Gasteiger partial charge in [-0.3, -0.25) is 19.7 Å². The normalized spacial score (nSPS) is 10.5. The van der Waals surface area contributed by atoms with Crippen molar-refractivity contribution in [2.75, 3.05) is 0 Å². The smallest absolute Gasteiger partial charge is 0.281 e. The lowest BCUT2D eigenvalue weighted by Gasteiger charge is -2.06. The first-order chi connectivity index (χ1) is 15.9. The highest BCUT2D eigenvalue weighted by Gasteiger charge is 2.23. The van der Waals surface area contributed by atoms with E-state index in [4.69, 9.17) is 16.0 Å². The quantitative estimate of drug-likeness (QED) is 0.0772. The first-order valence-electron chi connectivity index (χ1n) is 9.89. The molecule has 0 fully saturated rings. The number of ketones is 2. The van der Waals surface area contributed by atoms with E-state index in [1.54, 1.807) is 72.8 Å². The molecule has 3 aromatic carbocycles. The van der Waals surface area contributed by atoms with E-state index in [1.165, 1.54) is 24.3 Å². The number of halogens is 1. The number of Topliss-reactive ketones (excluding diaryl/α,β-unsaturated/α-hetero) is 2. The number of allylic oxidation sites excluding steroid dienone is 1. The van der Waals surface area contributed by atoms with Gasteiger partial charge >= 0.3 is 0 Å². The predicted molar refractivity (Wildman–Crippen MR) is 125 cm³/mol. The third kappa shape index (κ3) is 4.81. The molecule has 0 aliphatic carbocycles. The van der Waals surface area contributed by atoms with Crippen LogP contribution in [0.25, 0.3) is 17.4 Å². The maximum absolute atomic E-state index is 13.2. The summed E-state index contributed by atoms with van der Waals surface area (Å²) in [5.41, 5.74) is 0.642. The van der Waals surface area contributed by atoms with Crippen LogP contribution in [-0.2, 0) is 0 Å².